The third kappa shape index (κ3) is 2.74. The second-order valence-electron chi connectivity index (χ2n) is 5.28. The van der Waals surface area contributed by atoms with Crippen molar-refractivity contribution in [2.24, 2.45) is 0 Å². The Kier molecular flexibility index (Phi) is 4.04. The molecule has 6 heteroatoms. The Labute approximate surface area is 137 Å². The van der Waals surface area contributed by atoms with Crippen LogP contribution in [0.15, 0.2) is 48.5 Å². The number of para-hydroxylation sites is 1. The lowest BCUT2D eigenvalue weighted by atomic mass is 10.1. The Balaban J connectivity index is 2.05. The Morgan fingerprint density at radius 2 is 2.04 bits per heavy atom. The Bertz CT molecular complexity index is 860. The number of rotatable bonds is 4. The van der Waals surface area contributed by atoms with Gasteiger partial charge < -0.3 is 14.7 Å². The third-order valence-corrected chi connectivity index (χ3v) is 3.77. The van der Waals surface area contributed by atoms with Crippen molar-refractivity contribution in [3.63, 3.8) is 0 Å². The van der Waals surface area contributed by atoms with Crippen LogP contribution in [0.2, 0.25) is 0 Å². The number of fused-ring (bicyclic) bond motifs is 1. The smallest absolute Gasteiger partial charge is 0.329 e. The number of carboxylic acids is 1. The number of ether oxygens (including phenoxy) is 1. The van der Waals surface area contributed by atoms with Crippen molar-refractivity contribution in [2.75, 3.05) is 12.0 Å². The van der Waals surface area contributed by atoms with Crippen LogP contribution in [0.5, 0.6) is 5.75 Å². The summed E-state index contributed by atoms with van der Waals surface area (Å²) < 4.78 is 19.4. The topological polar surface area (TPSA) is 66.8 Å². The normalized spacial score (nSPS) is 14.8. The van der Waals surface area contributed by atoms with Gasteiger partial charge in [0.05, 0.1) is 24.9 Å². The molecule has 5 nitrogen and oxygen atoms in total. The summed E-state index contributed by atoms with van der Waals surface area (Å²) in [5.74, 6) is -1.75. The summed E-state index contributed by atoms with van der Waals surface area (Å²) in [5.41, 5.74) is 1.09. The molecule has 0 aromatic heterocycles. The number of carbonyl (C=O) groups excluding carboxylic acids is 1. The van der Waals surface area contributed by atoms with Crippen LogP contribution in [-0.2, 0) is 16.1 Å². The van der Waals surface area contributed by atoms with Crippen molar-refractivity contribution >= 4 is 23.1 Å². The summed E-state index contributed by atoms with van der Waals surface area (Å²) in [6.45, 7) is 0.112. The minimum Gasteiger partial charge on any atom is -0.497 e. The average Bonchev–Trinajstić information content (AvgIpc) is 2.81. The van der Waals surface area contributed by atoms with E-state index in [9.17, 15) is 14.0 Å². The van der Waals surface area contributed by atoms with Crippen LogP contribution >= 0.6 is 0 Å². The van der Waals surface area contributed by atoms with Gasteiger partial charge in [-0.05, 0) is 23.8 Å². The van der Waals surface area contributed by atoms with Crippen LogP contribution in [0.25, 0.3) is 5.57 Å². The fraction of sp³-hybridized carbons (Fsp3) is 0.111. The first-order valence-electron chi connectivity index (χ1n) is 7.19. The van der Waals surface area contributed by atoms with Crippen LogP contribution in [0.1, 0.15) is 11.1 Å². The van der Waals surface area contributed by atoms with E-state index in [-0.39, 0.29) is 23.4 Å². The first-order chi connectivity index (χ1) is 11.5. The van der Waals surface area contributed by atoms with Crippen molar-refractivity contribution in [3.05, 3.63) is 65.5 Å². The maximum atomic E-state index is 14.3. The van der Waals surface area contributed by atoms with Gasteiger partial charge >= 0.3 is 5.97 Å². The number of carboxylic acid groups (broad SMARTS) is 1. The van der Waals surface area contributed by atoms with Gasteiger partial charge in [0.2, 0.25) is 0 Å². The molecule has 2 aromatic rings. The SMILES string of the molecule is COc1cccc(CN2C(=O)C(=CC(=O)O)c3cccc(F)c32)c1. The quantitative estimate of drug-likeness (QED) is 0.877. The second-order valence-corrected chi connectivity index (χ2v) is 5.28. The van der Waals surface area contributed by atoms with E-state index in [1.54, 1.807) is 24.3 Å². The first-order valence-corrected chi connectivity index (χ1v) is 7.19. The molecule has 1 aliphatic rings. The van der Waals surface area contributed by atoms with Gasteiger partial charge in [0.15, 0.2) is 0 Å². The molecule has 2 aromatic carbocycles. The number of hydrogen-bond donors (Lipinski definition) is 1. The highest BCUT2D eigenvalue weighted by atomic mass is 19.1. The van der Waals surface area contributed by atoms with Gasteiger partial charge in [0.25, 0.3) is 5.91 Å². The molecule has 3 rings (SSSR count). The Hall–Kier alpha value is -3.15. The number of hydrogen-bond acceptors (Lipinski definition) is 3. The number of benzene rings is 2. The predicted octanol–water partition coefficient (Wildman–Crippen LogP) is 2.85. The minimum atomic E-state index is -1.25. The summed E-state index contributed by atoms with van der Waals surface area (Å²) in [7, 11) is 1.53. The van der Waals surface area contributed by atoms with Gasteiger partial charge in [0, 0.05) is 11.6 Å². The fourth-order valence-electron chi connectivity index (χ4n) is 2.74. The second kappa shape index (κ2) is 6.16. The van der Waals surface area contributed by atoms with E-state index in [2.05, 4.69) is 0 Å². The molecule has 0 fully saturated rings. The van der Waals surface area contributed by atoms with E-state index < -0.39 is 17.7 Å². The zero-order chi connectivity index (χ0) is 17.3. The highest BCUT2D eigenvalue weighted by molar-refractivity contribution is 6.34. The average molecular weight is 327 g/mol. The Morgan fingerprint density at radius 3 is 2.75 bits per heavy atom. The molecule has 0 unspecified atom stereocenters. The van der Waals surface area contributed by atoms with Crippen molar-refractivity contribution in [1.29, 1.82) is 0 Å². The molecule has 0 spiro atoms. The summed E-state index contributed by atoms with van der Waals surface area (Å²) in [5, 5.41) is 8.97. The molecule has 0 radical (unpaired) electrons. The minimum absolute atomic E-state index is 0.0279. The molecule has 1 amide bonds. The van der Waals surface area contributed by atoms with E-state index in [0.29, 0.717) is 5.75 Å². The molecule has 24 heavy (non-hydrogen) atoms. The number of halogens is 1. The molecular weight excluding hydrogens is 313 g/mol. The van der Waals surface area contributed by atoms with Crippen LogP contribution in [0.4, 0.5) is 10.1 Å². The summed E-state index contributed by atoms with van der Waals surface area (Å²) >= 11 is 0. The van der Waals surface area contributed by atoms with E-state index in [4.69, 9.17) is 9.84 Å². The Morgan fingerprint density at radius 1 is 1.29 bits per heavy atom. The van der Waals surface area contributed by atoms with Crippen molar-refractivity contribution < 1.29 is 23.8 Å². The van der Waals surface area contributed by atoms with Gasteiger partial charge in [-0.25, -0.2) is 9.18 Å². The highest BCUT2D eigenvalue weighted by Gasteiger charge is 2.35. The fourth-order valence-corrected chi connectivity index (χ4v) is 2.74. The highest BCUT2D eigenvalue weighted by Crippen LogP contribution is 2.39. The van der Waals surface area contributed by atoms with Crippen molar-refractivity contribution in [2.45, 2.75) is 6.54 Å². The molecule has 0 bridgehead atoms. The van der Waals surface area contributed by atoms with Gasteiger partial charge in [-0.2, -0.15) is 0 Å². The number of carbonyl (C=O) groups is 2. The van der Waals surface area contributed by atoms with E-state index in [0.717, 1.165) is 11.6 Å². The van der Waals surface area contributed by atoms with Gasteiger partial charge in [-0.15, -0.1) is 0 Å². The lowest BCUT2D eigenvalue weighted by molar-refractivity contribution is -0.131. The standard InChI is InChI=1S/C18H14FNO4/c1-24-12-5-2-4-11(8-12)10-20-17-13(6-3-7-15(17)19)14(18(20)23)9-16(21)22/h2-9H,10H2,1H3,(H,21,22). The van der Waals surface area contributed by atoms with Gasteiger partial charge in [0.1, 0.15) is 11.6 Å². The molecule has 1 aliphatic heterocycles. The molecule has 1 heterocycles. The largest absolute Gasteiger partial charge is 0.497 e. The lowest BCUT2D eigenvalue weighted by Gasteiger charge is -2.18. The molecule has 1 N–H and O–H groups in total. The summed E-state index contributed by atoms with van der Waals surface area (Å²) in [6, 6.07) is 11.3. The van der Waals surface area contributed by atoms with Gasteiger partial charge in [-0.3, -0.25) is 4.79 Å². The summed E-state index contributed by atoms with van der Waals surface area (Å²) in [6.07, 6.45) is 0.812. The predicted molar refractivity (Wildman–Crippen MR) is 86.2 cm³/mol. The maximum Gasteiger partial charge on any atom is 0.329 e. The van der Waals surface area contributed by atoms with Crippen LogP contribution in [0.3, 0.4) is 0 Å². The molecule has 0 aliphatic carbocycles. The van der Waals surface area contributed by atoms with E-state index in [1.165, 1.54) is 30.2 Å². The summed E-state index contributed by atoms with van der Waals surface area (Å²) in [4.78, 5) is 24.8. The molecular formula is C18H14FNO4. The number of nitrogens with zero attached hydrogens (tertiary/aromatic N) is 1. The molecule has 0 saturated carbocycles. The first kappa shape index (κ1) is 15.7. The number of methoxy groups -OCH3 is 1. The van der Waals surface area contributed by atoms with Gasteiger partial charge in [-0.1, -0.05) is 24.3 Å². The van der Waals surface area contributed by atoms with Crippen molar-refractivity contribution in [1.82, 2.24) is 0 Å². The zero-order valence-corrected chi connectivity index (χ0v) is 12.8. The van der Waals surface area contributed by atoms with E-state index in [1.807, 2.05) is 0 Å². The monoisotopic (exact) mass is 327 g/mol. The third-order valence-electron chi connectivity index (χ3n) is 3.77. The number of aliphatic carboxylic acids is 1. The van der Waals surface area contributed by atoms with Crippen LogP contribution in [0, 0.1) is 5.82 Å². The van der Waals surface area contributed by atoms with E-state index >= 15 is 0 Å². The van der Waals surface area contributed by atoms with Crippen LogP contribution < -0.4 is 9.64 Å². The lowest BCUT2D eigenvalue weighted by Crippen LogP contribution is -2.26. The number of anilines is 1. The van der Waals surface area contributed by atoms with Crippen molar-refractivity contribution in [3.8, 4) is 5.75 Å². The van der Waals surface area contributed by atoms with Crippen LogP contribution in [-0.4, -0.2) is 24.1 Å². The zero-order valence-electron chi connectivity index (χ0n) is 12.8. The molecule has 0 saturated heterocycles. The molecule has 122 valence electrons. The molecule has 0 atom stereocenters. The number of amides is 1. The maximum absolute atomic E-state index is 14.3.